The standard InChI is InChI=1S/C24H34N2O4/c27-23(25-20-10-8-6-4-2-1-3-5-7-9-11-20)19-15-26(16-19)24(28)18-12-13-21-22(14-18)30-17-29-21/h12-14,19-20H,1-11,15-17H2,(H,25,27). The number of nitrogens with zero attached hydrogens (tertiary/aromatic N) is 1. The second-order valence-corrected chi connectivity index (χ2v) is 8.94. The third-order valence-electron chi connectivity index (χ3n) is 6.61. The number of amides is 2. The molecule has 1 aliphatic carbocycles. The largest absolute Gasteiger partial charge is 0.454 e. The Balaban J connectivity index is 1.24. The van der Waals surface area contributed by atoms with Gasteiger partial charge in [0, 0.05) is 24.7 Å². The highest BCUT2D eigenvalue weighted by atomic mass is 16.7. The molecular weight excluding hydrogens is 380 g/mol. The van der Waals surface area contributed by atoms with Crippen LogP contribution in [-0.2, 0) is 4.79 Å². The fourth-order valence-electron chi connectivity index (χ4n) is 4.65. The van der Waals surface area contributed by atoms with Crippen molar-refractivity contribution in [3.63, 3.8) is 0 Å². The van der Waals surface area contributed by atoms with E-state index in [0.717, 1.165) is 12.8 Å². The molecule has 1 saturated heterocycles. The molecule has 2 fully saturated rings. The van der Waals surface area contributed by atoms with E-state index in [0.29, 0.717) is 30.2 Å². The van der Waals surface area contributed by atoms with Crippen molar-refractivity contribution in [3.8, 4) is 11.5 Å². The molecule has 0 bridgehead atoms. The van der Waals surface area contributed by atoms with Gasteiger partial charge in [0.2, 0.25) is 12.7 Å². The fraction of sp³-hybridized carbons (Fsp3) is 0.667. The number of fused-ring (bicyclic) bond motifs is 1. The van der Waals surface area contributed by atoms with Crippen molar-refractivity contribution in [1.29, 1.82) is 0 Å². The summed E-state index contributed by atoms with van der Waals surface area (Å²) < 4.78 is 10.7. The zero-order valence-corrected chi connectivity index (χ0v) is 17.9. The summed E-state index contributed by atoms with van der Waals surface area (Å²) in [5.41, 5.74) is 0.581. The van der Waals surface area contributed by atoms with Gasteiger partial charge in [-0.2, -0.15) is 0 Å². The van der Waals surface area contributed by atoms with Gasteiger partial charge in [0.1, 0.15) is 0 Å². The molecule has 6 nitrogen and oxygen atoms in total. The maximum absolute atomic E-state index is 12.7. The van der Waals surface area contributed by atoms with Gasteiger partial charge < -0.3 is 19.7 Å². The summed E-state index contributed by atoms with van der Waals surface area (Å²) >= 11 is 0. The normalized spacial score (nSPS) is 21.3. The maximum atomic E-state index is 12.7. The van der Waals surface area contributed by atoms with Gasteiger partial charge in [0.25, 0.3) is 5.91 Å². The van der Waals surface area contributed by atoms with E-state index in [-0.39, 0.29) is 30.6 Å². The first kappa shape index (κ1) is 21.0. The molecule has 1 saturated carbocycles. The zero-order valence-electron chi connectivity index (χ0n) is 17.9. The third-order valence-corrected chi connectivity index (χ3v) is 6.61. The molecule has 2 amide bonds. The van der Waals surface area contributed by atoms with Crippen LogP contribution in [0.3, 0.4) is 0 Å². The number of nitrogens with one attached hydrogen (secondary N) is 1. The second kappa shape index (κ2) is 10.2. The molecule has 1 N–H and O–H groups in total. The third kappa shape index (κ3) is 5.27. The molecule has 2 heterocycles. The Kier molecular flexibility index (Phi) is 7.13. The first-order chi connectivity index (χ1) is 14.7. The lowest BCUT2D eigenvalue weighted by Gasteiger charge is -2.39. The number of likely N-dealkylation sites (tertiary alicyclic amines) is 1. The number of benzene rings is 1. The van der Waals surface area contributed by atoms with E-state index in [2.05, 4.69) is 5.32 Å². The van der Waals surface area contributed by atoms with E-state index in [1.165, 1.54) is 57.8 Å². The van der Waals surface area contributed by atoms with Gasteiger partial charge in [-0.1, -0.05) is 57.8 Å². The molecule has 3 aliphatic rings. The lowest BCUT2D eigenvalue weighted by atomic mass is 9.95. The number of ether oxygens (including phenoxy) is 2. The first-order valence-electron chi connectivity index (χ1n) is 11.7. The van der Waals surface area contributed by atoms with Crippen molar-refractivity contribution >= 4 is 11.8 Å². The monoisotopic (exact) mass is 414 g/mol. The topological polar surface area (TPSA) is 67.9 Å². The van der Waals surface area contributed by atoms with Crippen molar-refractivity contribution in [2.24, 2.45) is 5.92 Å². The van der Waals surface area contributed by atoms with Crippen LogP contribution >= 0.6 is 0 Å². The summed E-state index contributed by atoms with van der Waals surface area (Å²) in [7, 11) is 0. The highest BCUT2D eigenvalue weighted by Crippen LogP contribution is 2.33. The summed E-state index contributed by atoms with van der Waals surface area (Å²) in [6.07, 6.45) is 13.8. The molecule has 1 aromatic rings. The highest BCUT2D eigenvalue weighted by molar-refractivity contribution is 5.96. The molecule has 1 aromatic carbocycles. The number of hydrogen-bond acceptors (Lipinski definition) is 4. The average Bonchev–Trinajstić information content (AvgIpc) is 3.16. The van der Waals surface area contributed by atoms with Crippen LogP contribution in [0.5, 0.6) is 11.5 Å². The van der Waals surface area contributed by atoms with E-state index >= 15 is 0 Å². The van der Waals surface area contributed by atoms with Crippen molar-refractivity contribution < 1.29 is 19.1 Å². The van der Waals surface area contributed by atoms with E-state index < -0.39 is 0 Å². The van der Waals surface area contributed by atoms with Crippen LogP contribution in [0.15, 0.2) is 18.2 Å². The van der Waals surface area contributed by atoms with Gasteiger partial charge in [-0.05, 0) is 31.0 Å². The van der Waals surface area contributed by atoms with Gasteiger partial charge in [0.05, 0.1) is 5.92 Å². The number of carbonyl (C=O) groups excluding carboxylic acids is 2. The molecule has 2 aliphatic heterocycles. The summed E-state index contributed by atoms with van der Waals surface area (Å²) in [6.45, 7) is 1.18. The molecule has 0 radical (unpaired) electrons. The van der Waals surface area contributed by atoms with Crippen molar-refractivity contribution in [2.75, 3.05) is 19.9 Å². The van der Waals surface area contributed by atoms with Gasteiger partial charge in [-0.25, -0.2) is 0 Å². The quantitative estimate of drug-likeness (QED) is 0.802. The van der Waals surface area contributed by atoms with E-state index in [1.807, 2.05) is 0 Å². The lowest BCUT2D eigenvalue weighted by molar-refractivity contribution is -0.129. The number of hydrogen-bond donors (Lipinski definition) is 1. The van der Waals surface area contributed by atoms with E-state index in [9.17, 15) is 9.59 Å². The predicted molar refractivity (Wildman–Crippen MR) is 115 cm³/mol. The molecular formula is C24H34N2O4. The SMILES string of the molecule is O=C(NC1CCCCCCCCCCC1)C1CN(C(=O)c2ccc3c(c2)OCO3)C1. The van der Waals surface area contributed by atoms with Gasteiger partial charge in [0.15, 0.2) is 11.5 Å². The van der Waals surface area contributed by atoms with Gasteiger partial charge in [-0.3, -0.25) is 9.59 Å². The van der Waals surface area contributed by atoms with E-state index in [4.69, 9.17) is 9.47 Å². The Morgan fingerprint density at radius 3 is 2.10 bits per heavy atom. The molecule has 0 unspecified atom stereocenters. The second-order valence-electron chi connectivity index (χ2n) is 8.94. The first-order valence-corrected chi connectivity index (χ1v) is 11.7. The molecule has 30 heavy (non-hydrogen) atoms. The van der Waals surface area contributed by atoms with Crippen LogP contribution in [-0.4, -0.2) is 42.6 Å². The van der Waals surface area contributed by atoms with E-state index in [1.54, 1.807) is 23.1 Å². The molecule has 4 rings (SSSR count). The van der Waals surface area contributed by atoms with Crippen LogP contribution in [0.25, 0.3) is 0 Å². The van der Waals surface area contributed by atoms with Crippen LogP contribution in [0.1, 0.15) is 81.0 Å². The van der Waals surface area contributed by atoms with Crippen LogP contribution < -0.4 is 14.8 Å². The zero-order chi connectivity index (χ0) is 20.8. The lowest BCUT2D eigenvalue weighted by Crippen LogP contribution is -2.56. The Morgan fingerprint density at radius 1 is 0.833 bits per heavy atom. The Labute approximate surface area is 179 Å². The van der Waals surface area contributed by atoms with Gasteiger partial charge in [-0.15, -0.1) is 0 Å². The molecule has 0 spiro atoms. The summed E-state index contributed by atoms with van der Waals surface area (Å²) in [5.74, 6) is 1.25. The van der Waals surface area contributed by atoms with Crippen LogP contribution in [0, 0.1) is 5.92 Å². The molecule has 164 valence electrons. The fourth-order valence-corrected chi connectivity index (χ4v) is 4.65. The molecule has 0 aromatic heterocycles. The predicted octanol–water partition coefficient (Wildman–Crippen LogP) is 4.28. The van der Waals surface area contributed by atoms with Crippen LogP contribution in [0.4, 0.5) is 0 Å². The summed E-state index contributed by atoms with van der Waals surface area (Å²) in [6, 6.07) is 5.54. The minimum Gasteiger partial charge on any atom is -0.454 e. The smallest absolute Gasteiger partial charge is 0.254 e. The Hall–Kier alpha value is -2.24. The number of carbonyl (C=O) groups is 2. The average molecular weight is 415 g/mol. The van der Waals surface area contributed by atoms with Crippen molar-refractivity contribution in [3.05, 3.63) is 23.8 Å². The Morgan fingerprint density at radius 2 is 1.43 bits per heavy atom. The number of rotatable bonds is 3. The van der Waals surface area contributed by atoms with Crippen molar-refractivity contribution in [2.45, 2.75) is 76.7 Å². The minimum absolute atomic E-state index is 0.0524. The van der Waals surface area contributed by atoms with Crippen LogP contribution in [0.2, 0.25) is 0 Å². The summed E-state index contributed by atoms with van der Waals surface area (Å²) in [4.78, 5) is 27.2. The minimum atomic E-state index is -0.0932. The molecule has 6 heteroatoms. The van der Waals surface area contributed by atoms with Crippen molar-refractivity contribution in [1.82, 2.24) is 10.2 Å². The van der Waals surface area contributed by atoms with Gasteiger partial charge >= 0.3 is 0 Å². The highest BCUT2D eigenvalue weighted by Gasteiger charge is 2.37. The maximum Gasteiger partial charge on any atom is 0.254 e. The Bertz CT molecular complexity index is 733. The molecule has 0 atom stereocenters. The summed E-state index contributed by atoms with van der Waals surface area (Å²) in [5, 5.41) is 3.29.